The molecule has 0 saturated heterocycles. The van der Waals surface area contributed by atoms with Crippen LogP contribution >= 0.6 is 0 Å². The van der Waals surface area contributed by atoms with Crippen molar-refractivity contribution in [3.05, 3.63) is 35.8 Å². The van der Waals surface area contributed by atoms with Crippen LogP contribution in [0.2, 0.25) is 0 Å². The van der Waals surface area contributed by atoms with Crippen LogP contribution < -0.4 is 0 Å². The topological polar surface area (TPSA) is 33.1 Å². The lowest BCUT2D eigenvalue weighted by Gasteiger charge is -2.01. The van der Waals surface area contributed by atoms with Crippen LogP contribution in [0.1, 0.15) is 5.69 Å². The summed E-state index contributed by atoms with van der Waals surface area (Å²) < 4.78 is 13.3. The van der Waals surface area contributed by atoms with Crippen molar-refractivity contribution in [1.29, 1.82) is 0 Å². The first-order valence-corrected chi connectivity index (χ1v) is 3.93. The highest BCUT2D eigenvalue weighted by atomic mass is 19.1. The van der Waals surface area contributed by atoms with Gasteiger partial charge in [-0.1, -0.05) is 6.07 Å². The van der Waals surface area contributed by atoms with Crippen molar-refractivity contribution in [3.8, 4) is 5.75 Å². The number of phenolic OH excluding ortho intramolecular Hbond substituents is 1. The molecule has 0 atom stereocenters. The Balaban J connectivity index is 2.89. The van der Waals surface area contributed by atoms with E-state index in [9.17, 15) is 4.39 Å². The predicted octanol–water partition coefficient (Wildman–Crippen LogP) is 2.39. The molecule has 2 rings (SSSR count). The minimum atomic E-state index is -0.652. The van der Waals surface area contributed by atoms with Gasteiger partial charge in [-0.05, 0) is 25.1 Å². The summed E-state index contributed by atoms with van der Waals surface area (Å²) in [4.78, 5) is 4.00. The minimum Gasteiger partial charge on any atom is -0.505 e. The lowest BCUT2D eigenvalue weighted by atomic mass is 10.2. The molecular formula is C10H8FNO. The molecule has 0 spiro atoms. The third-order valence-corrected chi connectivity index (χ3v) is 1.92. The maximum atomic E-state index is 13.3. The summed E-state index contributed by atoms with van der Waals surface area (Å²) in [5.41, 5.74) is 0.956. The smallest absolute Gasteiger partial charge is 0.190 e. The van der Waals surface area contributed by atoms with Gasteiger partial charge in [0, 0.05) is 11.1 Å². The quantitative estimate of drug-likeness (QED) is 0.670. The van der Waals surface area contributed by atoms with E-state index in [1.807, 2.05) is 0 Å². The molecule has 0 saturated carbocycles. The molecule has 0 bridgehead atoms. The van der Waals surface area contributed by atoms with Crippen LogP contribution in [0.5, 0.6) is 5.75 Å². The van der Waals surface area contributed by atoms with E-state index in [2.05, 4.69) is 4.98 Å². The van der Waals surface area contributed by atoms with Gasteiger partial charge < -0.3 is 5.11 Å². The van der Waals surface area contributed by atoms with E-state index in [-0.39, 0.29) is 11.3 Å². The summed E-state index contributed by atoms with van der Waals surface area (Å²) in [6.45, 7) is 1.78. The Kier molecular flexibility index (Phi) is 1.65. The highest BCUT2D eigenvalue weighted by molar-refractivity contribution is 5.80. The Bertz CT molecular complexity index is 462. The van der Waals surface area contributed by atoms with Crippen LogP contribution in [-0.2, 0) is 0 Å². The Labute approximate surface area is 74.7 Å². The van der Waals surface area contributed by atoms with Gasteiger partial charge in [0.2, 0.25) is 0 Å². The summed E-state index contributed by atoms with van der Waals surface area (Å²) in [6.07, 6.45) is 0. The average Bonchev–Trinajstić information content (AvgIpc) is 2.12. The molecule has 0 radical (unpaired) electrons. The molecule has 0 aliphatic rings. The van der Waals surface area contributed by atoms with Gasteiger partial charge in [-0.15, -0.1) is 0 Å². The number of rotatable bonds is 0. The van der Waals surface area contributed by atoms with E-state index in [4.69, 9.17) is 5.11 Å². The number of benzene rings is 1. The standard InChI is InChI=1S/C10H8FNO/c1-6-2-3-7-4-5-8(13)9(11)10(7)12-6/h2-5,13H,1H3. The van der Waals surface area contributed by atoms with Crippen LogP contribution in [0.15, 0.2) is 24.3 Å². The zero-order valence-electron chi connectivity index (χ0n) is 7.08. The van der Waals surface area contributed by atoms with Crippen molar-refractivity contribution in [2.45, 2.75) is 6.92 Å². The van der Waals surface area contributed by atoms with Crippen molar-refractivity contribution in [2.75, 3.05) is 0 Å². The largest absolute Gasteiger partial charge is 0.505 e. The Hall–Kier alpha value is -1.64. The molecule has 2 nitrogen and oxygen atoms in total. The highest BCUT2D eigenvalue weighted by Crippen LogP contribution is 2.23. The number of hydrogen-bond acceptors (Lipinski definition) is 2. The zero-order valence-corrected chi connectivity index (χ0v) is 7.08. The van der Waals surface area contributed by atoms with Crippen LogP contribution in [0.25, 0.3) is 10.9 Å². The van der Waals surface area contributed by atoms with E-state index >= 15 is 0 Å². The van der Waals surface area contributed by atoms with E-state index in [1.54, 1.807) is 25.1 Å². The predicted molar refractivity (Wildman–Crippen MR) is 48.1 cm³/mol. The van der Waals surface area contributed by atoms with Crippen molar-refractivity contribution in [3.63, 3.8) is 0 Å². The van der Waals surface area contributed by atoms with Gasteiger partial charge in [-0.2, -0.15) is 0 Å². The number of nitrogens with zero attached hydrogens (tertiary/aromatic N) is 1. The third-order valence-electron chi connectivity index (χ3n) is 1.92. The van der Waals surface area contributed by atoms with E-state index in [0.717, 1.165) is 5.69 Å². The molecule has 1 heterocycles. The third kappa shape index (κ3) is 1.22. The first-order valence-electron chi connectivity index (χ1n) is 3.93. The normalized spacial score (nSPS) is 10.6. The molecule has 1 aromatic carbocycles. The summed E-state index contributed by atoms with van der Waals surface area (Å²) in [7, 11) is 0. The number of aromatic hydroxyl groups is 1. The zero-order chi connectivity index (χ0) is 9.42. The van der Waals surface area contributed by atoms with Gasteiger partial charge in [-0.3, -0.25) is 0 Å². The Morgan fingerprint density at radius 2 is 1.92 bits per heavy atom. The molecule has 0 aliphatic heterocycles. The SMILES string of the molecule is Cc1ccc2ccc(O)c(F)c2n1. The van der Waals surface area contributed by atoms with Crippen LogP contribution in [0.3, 0.4) is 0 Å². The van der Waals surface area contributed by atoms with Crippen molar-refractivity contribution < 1.29 is 9.50 Å². The van der Waals surface area contributed by atoms with Crippen molar-refractivity contribution in [1.82, 2.24) is 4.98 Å². The molecule has 13 heavy (non-hydrogen) atoms. The first-order chi connectivity index (χ1) is 6.18. The average molecular weight is 177 g/mol. The second-order valence-electron chi connectivity index (χ2n) is 2.92. The highest BCUT2D eigenvalue weighted by Gasteiger charge is 2.06. The van der Waals surface area contributed by atoms with Crippen molar-refractivity contribution in [2.24, 2.45) is 0 Å². The van der Waals surface area contributed by atoms with Crippen molar-refractivity contribution >= 4 is 10.9 Å². The minimum absolute atomic E-state index is 0.222. The fourth-order valence-electron chi connectivity index (χ4n) is 1.24. The molecule has 0 unspecified atom stereocenters. The van der Waals surface area contributed by atoms with E-state index in [1.165, 1.54) is 6.07 Å². The van der Waals surface area contributed by atoms with Gasteiger partial charge in [0.15, 0.2) is 11.6 Å². The van der Waals surface area contributed by atoms with Crippen LogP contribution in [-0.4, -0.2) is 10.1 Å². The lowest BCUT2D eigenvalue weighted by Crippen LogP contribution is -1.87. The number of aryl methyl sites for hydroxylation is 1. The molecule has 1 N–H and O–H groups in total. The summed E-state index contributed by atoms with van der Waals surface area (Å²) in [6, 6.07) is 6.55. The lowest BCUT2D eigenvalue weighted by molar-refractivity contribution is 0.435. The monoisotopic (exact) mass is 177 g/mol. The van der Waals surface area contributed by atoms with Crippen LogP contribution in [0.4, 0.5) is 4.39 Å². The summed E-state index contributed by atoms with van der Waals surface area (Å²) in [5.74, 6) is -1.01. The fraction of sp³-hybridized carbons (Fsp3) is 0.100. The maximum Gasteiger partial charge on any atom is 0.190 e. The fourth-order valence-corrected chi connectivity index (χ4v) is 1.24. The second kappa shape index (κ2) is 2.69. The van der Waals surface area contributed by atoms with Gasteiger partial charge in [0.1, 0.15) is 5.52 Å². The molecule has 2 aromatic rings. The Morgan fingerprint density at radius 3 is 2.69 bits per heavy atom. The molecule has 0 aliphatic carbocycles. The molecule has 0 amide bonds. The maximum absolute atomic E-state index is 13.3. The molecule has 1 aromatic heterocycles. The van der Waals surface area contributed by atoms with E-state index < -0.39 is 5.82 Å². The van der Waals surface area contributed by atoms with Gasteiger partial charge in [-0.25, -0.2) is 9.37 Å². The molecule has 0 fully saturated rings. The number of hydrogen-bond donors (Lipinski definition) is 1. The number of pyridine rings is 1. The van der Waals surface area contributed by atoms with Crippen LogP contribution in [0, 0.1) is 12.7 Å². The summed E-state index contributed by atoms with van der Waals surface area (Å²) >= 11 is 0. The van der Waals surface area contributed by atoms with Gasteiger partial charge in [0.05, 0.1) is 0 Å². The summed E-state index contributed by atoms with van der Waals surface area (Å²) in [5, 5.41) is 9.79. The number of halogens is 1. The molecule has 66 valence electrons. The first kappa shape index (κ1) is 7.98. The number of aromatic nitrogens is 1. The van der Waals surface area contributed by atoms with Gasteiger partial charge >= 0.3 is 0 Å². The molecular weight excluding hydrogens is 169 g/mol. The van der Waals surface area contributed by atoms with Gasteiger partial charge in [0.25, 0.3) is 0 Å². The second-order valence-corrected chi connectivity index (χ2v) is 2.92. The van der Waals surface area contributed by atoms with E-state index in [0.29, 0.717) is 5.39 Å². The molecule has 3 heteroatoms. The Morgan fingerprint density at radius 1 is 1.23 bits per heavy atom. The number of fused-ring (bicyclic) bond motifs is 1. The number of phenols is 1.